The summed E-state index contributed by atoms with van der Waals surface area (Å²) in [5.74, 6) is -0.0973. The molecule has 1 N–H and O–H groups in total. The second-order valence-corrected chi connectivity index (χ2v) is 6.65. The normalized spacial score (nSPS) is 16.4. The van der Waals surface area contributed by atoms with E-state index >= 15 is 0 Å². The van der Waals surface area contributed by atoms with Gasteiger partial charge in [0.2, 0.25) is 0 Å². The third-order valence-corrected chi connectivity index (χ3v) is 4.96. The molecule has 0 atom stereocenters. The number of hydrogen-bond donors (Lipinski definition) is 1. The molecule has 0 unspecified atom stereocenters. The van der Waals surface area contributed by atoms with E-state index in [9.17, 15) is 9.59 Å². The van der Waals surface area contributed by atoms with Crippen molar-refractivity contribution in [2.45, 2.75) is 45.1 Å². The highest BCUT2D eigenvalue weighted by molar-refractivity contribution is 5.75. The average Bonchev–Trinajstić information content (AvgIpc) is 2.95. The molecule has 0 amide bonds. The fourth-order valence-electron chi connectivity index (χ4n) is 3.68. The number of nitrogens with one attached hydrogen (secondary N) is 1. The predicted octanol–water partition coefficient (Wildman–Crippen LogP) is 2.70. The van der Waals surface area contributed by atoms with Crippen molar-refractivity contribution < 1.29 is 9.53 Å². The van der Waals surface area contributed by atoms with E-state index in [1.54, 1.807) is 0 Å². The highest BCUT2D eigenvalue weighted by Crippen LogP contribution is 2.24. The van der Waals surface area contributed by atoms with Crippen molar-refractivity contribution in [3.63, 3.8) is 0 Å². The molecule has 1 aromatic heterocycles. The molecule has 1 saturated heterocycles. The number of piperidine rings is 1. The van der Waals surface area contributed by atoms with Gasteiger partial charge in [-0.25, -0.2) is 4.79 Å². The monoisotopic (exact) mass is 345 g/mol. The zero-order valence-corrected chi connectivity index (χ0v) is 14.9. The van der Waals surface area contributed by atoms with Crippen molar-refractivity contribution in [3.8, 4) is 0 Å². The summed E-state index contributed by atoms with van der Waals surface area (Å²) in [4.78, 5) is 29.0. The Hall–Kier alpha value is -2.08. The lowest BCUT2D eigenvalue weighted by Gasteiger charge is -2.32. The molecule has 1 aromatic carbocycles. The Balaban J connectivity index is 1.48. The van der Waals surface area contributed by atoms with Crippen LogP contribution in [0.3, 0.4) is 0 Å². The van der Waals surface area contributed by atoms with Crippen molar-refractivity contribution in [1.82, 2.24) is 14.5 Å². The number of rotatable bonds is 7. The Morgan fingerprint density at radius 3 is 2.76 bits per heavy atom. The first kappa shape index (κ1) is 17.7. The summed E-state index contributed by atoms with van der Waals surface area (Å²) in [6.07, 6.45) is 4.37. The van der Waals surface area contributed by atoms with Crippen LogP contribution in [0.5, 0.6) is 0 Å². The van der Waals surface area contributed by atoms with Crippen molar-refractivity contribution in [2.24, 2.45) is 0 Å². The zero-order chi connectivity index (χ0) is 17.6. The lowest BCUT2D eigenvalue weighted by molar-refractivity contribution is -0.143. The number of aromatic nitrogens is 2. The smallest absolute Gasteiger partial charge is 0.326 e. The summed E-state index contributed by atoms with van der Waals surface area (Å²) < 4.78 is 6.87. The van der Waals surface area contributed by atoms with Gasteiger partial charge in [0, 0.05) is 25.6 Å². The van der Waals surface area contributed by atoms with Crippen molar-refractivity contribution in [3.05, 3.63) is 34.7 Å². The van der Waals surface area contributed by atoms with Crippen molar-refractivity contribution in [1.29, 1.82) is 0 Å². The Bertz CT molecular complexity index is 757. The van der Waals surface area contributed by atoms with Gasteiger partial charge in [-0.1, -0.05) is 12.1 Å². The van der Waals surface area contributed by atoms with Gasteiger partial charge in [-0.2, -0.15) is 0 Å². The Morgan fingerprint density at radius 2 is 2.00 bits per heavy atom. The first-order chi connectivity index (χ1) is 12.2. The minimum atomic E-state index is -0.0973. The van der Waals surface area contributed by atoms with Gasteiger partial charge in [-0.15, -0.1) is 0 Å². The van der Waals surface area contributed by atoms with Crippen LogP contribution in [-0.2, 0) is 9.53 Å². The molecule has 6 heteroatoms. The number of nitrogens with zero attached hydrogens (tertiary/aromatic N) is 2. The molecule has 1 aliphatic heterocycles. The molecule has 0 spiro atoms. The second-order valence-electron chi connectivity index (χ2n) is 6.65. The molecule has 3 rings (SSSR count). The maximum absolute atomic E-state index is 12.3. The molecule has 136 valence electrons. The number of carbonyl (C=O) groups excluding carboxylic acids is 1. The topological polar surface area (TPSA) is 67.3 Å². The van der Waals surface area contributed by atoms with E-state index in [0.29, 0.717) is 13.0 Å². The third-order valence-electron chi connectivity index (χ3n) is 4.96. The van der Waals surface area contributed by atoms with Crippen LogP contribution < -0.4 is 5.69 Å². The largest absolute Gasteiger partial charge is 0.466 e. The molecule has 1 aliphatic rings. The number of para-hydroxylation sites is 2. The van der Waals surface area contributed by atoms with E-state index in [4.69, 9.17) is 4.74 Å². The van der Waals surface area contributed by atoms with Gasteiger partial charge in [0.15, 0.2) is 0 Å². The van der Waals surface area contributed by atoms with Crippen LogP contribution >= 0.6 is 0 Å². The Labute approximate surface area is 147 Å². The van der Waals surface area contributed by atoms with E-state index < -0.39 is 0 Å². The van der Waals surface area contributed by atoms with E-state index in [0.717, 1.165) is 56.4 Å². The summed E-state index contributed by atoms with van der Waals surface area (Å²) in [6.45, 7) is 5.29. The summed E-state index contributed by atoms with van der Waals surface area (Å²) in [5, 5.41) is 0. The van der Waals surface area contributed by atoms with Crippen LogP contribution in [0.1, 0.15) is 45.1 Å². The number of imidazole rings is 1. The quantitative estimate of drug-likeness (QED) is 0.619. The number of H-pyrrole nitrogens is 1. The van der Waals surface area contributed by atoms with Crippen LogP contribution in [-0.4, -0.2) is 46.7 Å². The number of ether oxygens (including phenoxy) is 1. The number of unbranched alkanes of at least 4 members (excludes halogenated alkanes) is 1. The van der Waals surface area contributed by atoms with Gasteiger partial charge in [-0.05, 0) is 51.3 Å². The van der Waals surface area contributed by atoms with Gasteiger partial charge in [0.1, 0.15) is 0 Å². The summed E-state index contributed by atoms with van der Waals surface area (Å²) in [7, 11) is 0. The van der Waals surface area contributed by atoms with Crippen LogP contribution in [0.2, 0.25) is 0 Å². The standard InChI is InChI=1S/C19H27N3O3/c1-2-25-18(23)9-5-6-12-21-13-10-15(11-14-21)22-17-8-4-3-7-16(17)20-19(22)24/h3-4,7-8,15H,2,5-6,9-14H2,1H3,(H,20,24). The van der Waals surface area contributed by atoms with E-state index in [1.165, 1.54) is 0 Å². The molecule has 2 heterocycles. The van der Waals surface area contributed by atoms with Gasteiger partial charge in [0.25, 0.3) is 0 Å². The number of aromatic amines is 1. The number of hydrogen-bond acceptors (Lipinski definition) is 4. The first-order valence-electron chi connectivity index (χ1n) is 9.26. The number of likely N-dealkylation sites (tertiary alicyclic amines) is 1. The minimum absolute atomic E-state index is 0.00548. The van der Waals surface area contributed by atoms with Crippen LogP contribution in [0.25, 0.3) is 11.0 Å². The minimum Gasteiger partial charge on any atom is -0.466 e. The summed E-state index contributed by atoms with van der Waals surface area (Å²) in [6, 6.07) is 8.15. The molecule has 25 heavy (non-hydrogen) atoms. The van der Waals surface area contributed by atoms with E-state index in [1.807, 2.05) is 35.8 Å². The Morgan fingerprint density at radius 1 is 1.24 bits per heavy atom. The number of fused-ring (bicyclic) bond motifs is 1. The summed E-state index contributed by atoms with van der Waals surface area (Å²) >= 11 is 0. The lowest BCUT2D eigenvalue weighted by atomic mass is 10.0. The van der Waals surface area contributed by atoms with Crippen LogP contribution in [0, 0.1) is 0 Å². The molecule has 2 aromatic rings. The fraction of sp³-hybridized carbons (Fsp3) is 0.579. The van der Waals surface area contributed by atoms with Crippen molar-refractivity contribution in [2.75, 3.05) is 26.2 Å². The fourth-order valence-corrected chi connectivity index (χ4v) is 3.68. The van der Waals surface area contributed by atoms with Gasteiger partial charge in [0.05, 0.1) is 17.6 Å². The summed E-state index contributed by atoms with van der Waals surface area (Å²) in [5.41, 5.74) is 1.91. The number of carbonyl (C=O) groups is 1. The molecule has 6 nitrogen and oxygen atoms in total. The average molecular weight is 345 g/mol. The van der Waals surface area contributed by atoms with Crippen LogP contribution in [0.4, 0.5) is 0 Å². The highest BCUT2D eigenvalue weighted by atomic mass is 16.5. The molecular weight excluding hydrogens is 318 g/mol. The van der Waals surface area contributed by atoms with E-state index in [2.05, 4.69) is 9.88 Å². The molecule has 0 saturated carbocycles. The van der Waals surface area contributed by atoms with Crippen molar-refractivity contribution >= 4 is 17.0 Å². The molecular formula is C19H27N3O3. The number of benzene rings is 1. The maximum Gasteiger partial charge on any atom is 0.326 e. The first-order valence-corrected chi connectivity index (χ1v) is 9.26. The van der Waals surface area contributed by atoms with Gasteiger partial charge < -0.3 is 14.6 Å². The second kappa shape index (κ2) is 8.34. The van der Waals surface area contributed by atoms with Crippen LogP contribution in [0.15, 0.2) is 29.1 Å². The lowest BCUT2D eigenvalue weighted by Crippen LogP contribution is -2.37. The maximum atomic E-state index is 12.3. The SMILES string of the molecule is CCOC(=O)CCCCN1CCC(n2c(=O)[nH]c3ccccc32)CC1. The zero-order valence-electron chi connectivity index (χ0n) is 14.9. The van der Waals surface area contributed by atoms with Gasteiger partial charge in [-0.3, -0.25) is 9.36 Å². The Kier molecular flexibility index (Phi) is 5.91. The molecule has 1 fully saturated rings. The van der Waals surface area contributed by atoms with E-state index in [-0.39, 0.29) is 17.7 Å². The third kappa shape index (κ3) is 4.31. The predicted molar refractivity (Wildman–Crippen MR) is 97.8 cm³/mol. The molecule has 0 radical (unpaired) electrons. The number of esters is 1. The van der Waals surface area contributed by atoms with Gasteiger partial charge >= 0.3 is 11.7 Å². The molecule has 0 aliphatic carbocycles. The highest BCUT2D eigenvalue weighted by Gasteiger charge is 2.23. The molecule has 0 bridgehead atoms.